The predicted octanol–water partition coefficient (Wildman–Crippen LogP) is 2.65. The number of nitrogens with zero attached hydrogens (tertiary/aromatic N) is 4. The number of aromatic nitrogens is 4. The van der Waals surface area contributed by atoms with Crippen molar-refractivity contribution < 1.29 is 4.57 Å². The largest absolute Gasteiger partial charge is 0.370 e. The molecule has 0 aliphatic carbocycles. The summed E-state index contributed by atoms with van der Waals surface area (Å²) in [6, 6.07) is 10.6. The first-order valence-corrected chi connectivity index (χ1v) is 7.04. The molecule has 4 aromatic rings. The average molecular weight is 277 g/mol. The van der Waals surface area contributed by atoms with Crippen molar-refractivity contribution in [1.82, 2.24) is 14.1 Å². The van der Waals surface area contributed by atoms with E-state index in [4.69, 9.17) is 0 Å². The third-order valence-electron chi connectivity index (χ3n) is 4.09. The van der Waals surface area contributed by atoms with Gasteiger partial charge in [-0.1, -0.05) is 18.2 Å². The highest BCUT2D eigenvalue weighted by molar-refractivity contribution is 6.08. The second-order valence-electron chi connectivity index (χ2n) is 5.50. The summed E-state index contributed by atoms with van der Waals surface area (Å²) < 4.78 is 6.50. The quantitative estimate of drug-likeness (QED) is 0.491. The molecular weight excluding hydrogens is 260 g/mol. The molecule has 4 nitrogen and oxygen atoms in total. The van der Waals surface area contributed by atoms with Gasteiger partial charge in [-0.05, 0) is 24.6 Å². The van der Waals surface area contributed by atoms with Gasteiger partial charge in [0.15, 0.2) is 0 Å². The number of aryl methyl sites for hydroxylation is 3. The van der Waals surface area contributed by atoms with Gasteiger partial charge >= 0.3 is 5.95 Å². The number of rotatable bonds is 1. The van der Waals surface area contributed by atoms with Crippen LogP contribution >= 0.6 is 0 Å². The maximum atomic E-state index is 4.63. The monoisotopic (exact) mass is 277 g/mol. The smallest absolute Gasteiger partial charge is 0.237 e. The molecule has 0 aliphatic heterocycles. The van der Waals surface area contributed by atoms with Crippen LogP contribution in [0, 0.1) is 6.92 Å². The van der Waals surface area contributed by atoms with Crippen molar-refractivity contribution in [3.8, 4) is 5.95 Å². The van der Waals surface area contributed by atoms with Crippen LogP contribution < -0.4 is 4.57 Å². The Kier molecular flexibility index (Phi) is 2.42. The van der Waals surface area contributed by atoms with E-state index in [1.54, 1.807) is 0 Å². The molecule has 0 radical (unpaired) electrons. The van der Waals surface area contributed by atoms with E-state index >= 15 is 0 Å². The Morgan fingerprint density at radius 2 is 1.90 bits per heavy atom. The van der Waals surface area contributed by atoms with Crippen LogP contribution in [0.3, 0.4) is 0 Å². The third-order valence-corrected chi connectivity index (χ3v) is 4.09. The van der Waals surface area contributed by atoms with E-state index in [9.17, 15) is 0 Å². The zero-order chi connectivity index (χ0) is 14.6. The van der Waals surface area contributed by atoms with E-state index in [-0.39, 0.29) is 0 Å². The molecule has 0 amide bonds. The Morgan fingerprint density at radius 3 is 2.67 bits per heavy atom. The number of para-hydroxylation sites is 1. The molecule has 0 saturated carbocycles. The van der Waals surface area contributed by atoms with Crippen LogP contribution in [0.15, 0.2) is 48.9 Å². The molecule has 0 fully saturated rings. The van der Waals surface area contributed by atoms with Gasteiger partial charge in [0.05, 0.1) is 26.5 Å². The normalized spacial score (nSPS) is 11.6. The number of hydrogen-bond donors (Lipinski definition) is 0. The van der Waals surface area contributed by atoms with Gasteiger partial charge in [0, 0.05) is 17.0 Å². The molecule has 21 heavy (non-hydrogen) atoms. The molecule has 0 bridgehead atoms. The van der Waals surface area contributed by atoms with Crippen molar-refractivity contribution >= 4 is 21.9 Å². The first-order chi connectivity index (χ1) is 10.2. The standard InChI is InChI=1S/C17H17N4/c1-12-6-4-7-13-14-8-5-9-18-16(14)21(15(12)13)17-19(2)10-11-20(17)3/h4-11H,1-3H3/q+1. The summed E-state index contributed by atoms with van der Waals surface area (Å²) >= 11 is 0. The molecule has 3 heterocycles. The minimum absolute atomic E-state index is 0.999. The molecule has 0 aliphatic rings. The molecule has 0 atom stereocenters. The van der Waals surface area contributed by atoms with E-state index in [2.05, 4.69) is 76.4 Å². The van der Waals surface area contributed by atoms with Gasteiger partial charge in [0.25, 0.3) is 0 Å². The first kappa shape index (κ1) is 12.1. The summed E-state index contributed by atoms with van der Waals surface area (Å²) in [6.07, 6.45) is 5.98. The van der Waals surface area contributed by atoms with E-state index in [1.165, 1.54) is 21.9 Å². The maximum absolute atomic E-state index is 4.63. The lowest BCUT2D eigenvalue weighted by Gasteiger charge is -2.03. The second-order valence-corrected chi connectivity index (χ2v) is 5.50. The lowest BCUT2D eigenvalue weighted by atomic mass is 10.1. The van der Waals surface area contributed by atoms with Crippen LogP contribution in [0.2, 0.25) is 0 Å². The average Bonchev–Trinajstić information content (AvgIpc) is 2.98. The molecule has 3 aromatic heterocycles. The molecule has 0 N–H and O–H groups in total. The molecule has 104 valence electrons. The van der Waals surface area contributed by atoms with Crippen molar-refractivity contribution in [2.24, 2.45) is 14.1 Å². The lowest BCUT2D eigenvalue weighted by molar-refractivity contribution is -0.664. The molecule has 4 heteroatoms. The number of fused-ring (bicyclic) bond motifs is 3. The highest BCUT2D eigenvalue weighted by atomic mass is 15.3. The summed E-state index contributed by atoms with van der Waals surface area (Å²) in [4.78, 5) is 4.63. The number of hydrogen-bond acceptors (Lipinski definition) is 1. The fourth-order valence-corrected chi connectivity index (χ4v) is 3.16. The molecular formula is C17H17N4+. The Morgan fingerprint density at radius 1 is 1.10 bits per heavy atom. The fraction of sp³-hybridized carbons (Fsp3) is 0.176. The highest BCUT2D eigenvalue weighted by Gasteiger charge is 2.24. The van der Waals surface area contributed by atoms with Crippen molar-refractivity contribution in [1.29, 1.82) is 0 Å². The lowest BCUT2D eigenvalue weighted by Crippen LogP contribution is -2.32. The van der Waals surface area contributed by atoms with Crippen LogP contribution in [-0.4, -0.2) is 14.1 Å². The van der Waals surface area contributed by atoms with Gasteiger partial charge < -0.3 is 0 Å². The Hall–Kier alpha value is -2.62. The molecule has 1 aromatic carbocycles. The van der Waals surface area contributed by atoms with Gasteiger partial charge in [0.2, 0.25) is 5.65 Å². The topological polar surface area (TPSA) is 26.6 Å². The van der Waals surface area contributed by atoms with Gasteiger partial charge in [0.1, 0.15) is 5.52 Å². The summed E-state index contributed by atoms with van der Waals surface area (Å²) in [5, 5.41) is 2.44. The minimum Gasteiger partial charge on any atom is -0.237 e. The van der Waals surface area contributed by atoms with Crippen LogP contribution in [-0.2, 0) is 14.1 Å². The number of benzene rings is 1. The zero-order valence-corrected chi connectivity index (χ0v) is 12.4. The van der Waals surface area contributed by atoms with Gasteiger partial charge in [-0.15, -0.1) is 0 Å². The number of imidazole rings is 1. The summed E-state index contributed by atoms with van der Waals surface area (Å²) in [5.74, 6) is 1.10. The second kappa shape index (κ2) is 4.19. The summed E-state index contributed by atoms with van der Waals surface area (Å²) in [5.41, 5.74) is 3.48. The van der Waals surface area contributed by atoms with Crippen molar-refractivity contribution in [3.05, 3.63) is 54.5 Å². The predicted molar refractivity (Wildman–Crippen MR) is 83.5 cm³/mol. The van der Waals surface area contributed by atoms with Crippen LogP contribution in [0.4, 0.5) is 0 Å². The summed E-state index contributed by atoms with van der Waals surface area (Å²) in [7, 11) is 4.13. The minimum atomic E-state index is 0.999. The molecule has 0 unspecified atom stereocenters. The van der Waals surface area contributed by atoms with Crippen molar-refractivity contribution in [2.45, 2.75) is 6.92 Å². The maximum Gasteiger partial charge on any atom is 0.370 e. The molecule has 0 saturated heterocycles. The molecule has 0 spiro atoms. The van der Waals surface area contributed by atoms with Crippen molar-refractivity contribution in [2.75, 3.05) is 0 Å². The highest BCUT2D eigenvalue weighted by Crippen LogP contribution is 2.31. The number of pyridine rings is 1. The third kappa shape index (κ3) is 1.56. The fourth-order valence-electron chi connectivity index (χ4n) is 3.16. The first-order valence-electron chi connectivity index (χ1n) is 7.04. The van der Waals surface area contributed by atoms with E-state index in [1.807, 2.05) is 12.3 Å². The Balaban J connectivity index is 2.31. The SMILES string of the molecule is Cc1cccc2c3cccnc3n(-c3n(C)cc[n+]3C)c12. The van der Waals surface area contributed by atoms with E-state index < -0.39 is 0 Å². The van der Waals surface area contributed by atoms with Gasteiger partial charge in [-0.2, -0.15) is 4.57 Å². The Bertz CT molecular complexity index is 956. The zero-order valence-electron chi connectivity index (χ0n) is 12.4. The van der Waals surface area contributed by atoms with E-state index in [0.29, 0.717) is 0 Å². The van der Waals surface area contributed by atoms with Crippen molar-refractivity contribution in [3.63, 3.8) is 0 Å². The van der Waals surface area contributed by atoms with Crippen LogP contribution in [0.5, 0.6) is 0 Å². The Labute approximate surface area is 122 Å². The van der Waals surface area contributed by atoms with E-state index in [0.717, 1.165) is 11.6 Å². The molecule has 4 rings (SSSR count). The van der Waals surface area contributed by atoms with Crippen LogP contribution in [0.25, 0.3) is 27.9 Å². The van der Waals surface area contributed by atoms with Gasteiger partial charge in [-0.25, -0.2) is 14.1 Å². The van der Waals surface area contributed by atoms with Crippen LogP contribution in [0.1, 0.15) is 5.56 Å². The summed E-state index contributed by atoms with van der Waals surface area (Å²) in [6.45, 7) is 2.15. The van der Waals surface area contributed by atoms with Gasteiger partial charge in [-0.3, -0.25) is 0 Å².